The van der Waals surface area contributed by atoms with Crippen LogP contribution >= 0.6 is 0 Å². The number of ether oxygens (including phenoxy) is 1. The van der Waals surface area contributed by atoms with E-state index >= 15 is 0 Å². The van der Waals surface area contributed by atoms with Crippen LogP contribution in [0.3, 0.4) is 0 Å². The molecule has 0 radical (unpaired) electrons. The Labute approximate surface area is 198 Å². The summed E-state index contributed by atoms with van der Waals surface area (Å²) in [7, 11) is 1.27. The summed E-state index contributed by atoms with van der Waals surface area (Å²) in [5.41, 5.74) is 4.95. The normalized spacial score (nSPS) is 12.9. The second-order valence-corrected chi connectivity index (χ2v) is 8.26. The molecule has 0 fully saturated rings. The fourth-order valence-corrected chi connectivity index (χ4v) is 4.13. The monoisotopic (exact) mass is 460 g/mol. The maximum atomic E-state index is 13.2. The summed E-state index contributed by atoms with van der Waals surface area (Å²) in [4.78, 5) is 36.3. The molecule has 1 aromatic heterocycles. The van der Waals surface area contributed by atoms with E-state index in [4.69, 9.17) is 5.10 Å². The van der Waals surface area contributed by atoms with Gasteiger partial charge in [-0.25, -0.2) is 4.68 Å². The zero-order valence-electron chi connectivity index (χ0n) is 19.2. The molecule has 0 aliphatic heterocycles. The highest BCUT2D eigenvalue weighted by molar-refractivity contribution is 6.04. The predicted molar refractivity (Wildman–Crippen MR) is 128 cm³/mol. The molecule has 0 unspecified atom stereocenters. The van der Waals surface area contributed by atoms with Gasteiger partial charge in [-0.15, -0.1) is 0 Å². The summed E-state index contributed by atoms with van der Waals surface area (Å²) in [6, 6.07) is 17.0. The third-order valence-electron chi connectivity index (χ3n) is 5.88. The number of carbonyl (C=O) groups excluding carboxylic acids is 3. The number of para-hydroxylation sites is 1. The van der Waals surface area contributed by atoms with Crippen molar-refractivity contribution < 1.29 is 19.1 Å². The lowest BCUT2D eigenvalue weighted by Gasteiger charge is -2.07. The highest BCUT2D eigenvalue weighted by atomic mass is 16.5. The summed E-state index contributed by atoms with van der Waals surface area (Å²) in [6.07, 6.45) is 5.13. The Morgan fingerprint density at radius 3 is 2.44 bits per heavy atom. The number of hydrogen-bond acceptors (Lipinski definition) is 5. The van der Waals surface area contributed by atoms with Crippen molar-refractivity contribution in [2.24, 2.45) is 0 Å². The molecular weight excluding hydrogens is 432 g/mol. The number of amides is 2. The fraction of sp³-hybridized carbons (Fsp3) is 0.308. The number of hydrogen-bond donors (Lipinski definition) is 2. The van der Waals surface area contributed by atoms with Crippen molar-refractivity contribution in [2.45, 2.75) is 38.5 Å². The fourth-order valence-electron chi connectivity index (χ4n) is 4.13. The molecule has 2 aromatic carbocycles. The number of fused-ring (bicyclic) bond motifs is 1. The lowest BCUT2D eigenvalue weighted by atomic mass is 10.1. The number of rotatable bonds is 7. The first-order valence-electron chi connectivity index (χ1n) is 11.4. The van der Waals surface area contributed by atoms with Crippen molar-refractivity contribution in [3.05, 3.63) is 77.1 Å². The number of carbonyl (C=O) groups is 3. The minimum absolute atomic E-state index is 0.125. The van der Waals surface area contributed by atoms with Crippen LogP contribution in [0.2, 0.25) is 0 Å². The topological polar surface area (TPSA) is 102 Å². The highest BCUT2D eigenvalue weighted by Crippen LogP contribution is 2.27. The first-order valence-corrected chi connectivity index (χ1v) is 11.4. The number of benzene rings is 2. The van der Waals surface area contributed by atoms with Gasteiger partial charge in [0.15, 0.2) is 5.69 Å². The van der Waals surface area contributed by atoms with E-state index in [1.54, 1.807) is 24.3 Å². The number of methoxy groups -OCH3 is 1. The van der Waals surface area contributed by atoms with Gasteiger partial charge in [-0.2, -0.15) is 5.10 Å². The van der Waals surface area contributed by atoms with Gasteiger partial charge in [-0.05, 0) is 55.5 Å². The van der Waals surface area contributed by atoms with Crippen molar-refractivity contribution in [2.75, 3.05) is 19.0 Å². The standard InChI is InChI=1S/C26H28N4O4/c1-34-24(32)17-27-23(31)16-18-12-14-19(15-13-18)28-26(33)25-21-10-6-3-7-11-22(21)30(29-25)20-8-4-2-5-9-20/h2,4-5,8-9,12-15H,3,6-7,10-11,16-17H2,1H3,(H,27,31)(H,28,33). The molecule has 0 saturated carbocycles. The quantitative estimate of drug-likeness (QED) is 0.416. The predicted octanol–water partition coefficient (Wildman–Crippen LogP) is 3.23. The first-order chi connectivity index (χ1) is 16.5. The third kappa shape index (κ3) is 5.51. The second-order valence-electron chi connectivity index (χ2n) is 8.26. The smallest absolute Gasteiger partial charge is 0.325 e. The molecule has 0 spiro atoms. The number of nitrogens with zero attached hydrogens (tertiary/aromatic N) is 2. The van der Waals surface area contributed by atoms with Gasteiger partial charge in [0.05, 0.1) is 19.2 Å². The number of esters is 1. The largest absolute Gasteiger partial charge is 0.468 e. The Morgan fingerprint density at radius 1 is 0.971 bits per heavy atom. The minimum Gasteiger partial charge on any atom is -0.468 e. The second kappa shape index (κ2) is 10.8. The van der Waals surface area contributed by atoms with Crippen molar-refractivity contribution in [3.8, 4) is 5.69 Å². The van der Waals surface area contributed by atoms with Crippen LogP contribution in [0.1, 0.15) is 46.6 Å². The van der Waals surface area contributed by atoms with Crippen LogP contribution in [-0.2, 0) is 33.6 Å². The molecule has 8 nitrogen and oxygen atoms in total. The van der Waals surface area contributed by atoms with Gasteiger partial charge in [-0.1, -0.05) is 36.8 Å². The van der Waals surface area contributed by atoms with E-state index in [1.165, 1.54) is 7.11 Å². The van der Waals surface area contributed by atoms with E-state index in [9.17, 15) is 14.4 Å². The summed E-state index contributed by atoms with van der Waals surface area (Å²) in [5, 5.41) is 10.2. The summed E-state index contributed by atoms with van der Waals surface area (Å²) in [6.45, 7) is -0.163. The maximum absolute atomic E-state index is 13.2. The summed E-state index contributed by atoms with van der Waals surface area (Å²) >= 11 is 0. The lowest BCUT2D eigenvalue weighted by Crippen LogP contribution is -2.31. The van der Waals surface area contributed by atoms with Crippen molar-refractivity contribution in [3.63, 3.8) is 0 Å². The van der Waals surface area contributed by atoms with Crippen molar-refractivity contribution in [1.29, 1.82) is 0 Å². The summed E-state index contributed by atoms with van der Waals surface area (Å²) < 4.78 is 6.42. The Kier molecular flexibility index (Phi) is 7.37. The number of nitrogens with one attached hydrogen (secondary N) is 2. The van der Waals surface area contributed by atoms with Crippen LogP contribution in [0.25, 0.3) is 5.69 Å². The molecule has 1 heterocycles. The van der Waals surface area contributed by atoms with Gasteiger partial charge in [-0.3, -0.25) is 14.4 Å². The van der Waals surface area contributed by atoms with Crippen LogP contribution in [0.15, 0.2) is 54.6 Å². The van der Waals surface area contributed by atoms with Crippen LogP contribution < -0.4 is 10.6 Å². The average molecular weight is 461 g/mol. The molecule has 176 valence electrons. The van der Waals surface area contributed by atoms with Gasteiger partial charge in [0.25, 0.3) is 5.91 Å². The van der Waals surface area contributed by atoms with E-state index < -0.39 is 5.97 Å². The Bertz CT molecular complexity index is 1170. The zero-order valence-corrected chi connectivity index (χ0v) is 19.2. The third-order valence-corrected chi connectivity index (χ3v) is 5.88. The van der Waals surface area contributed by atoms with Gasteiger partial charge in [0.1, 0.15) is 6.54 Å². The molecule has 2 amide bonds. The molecule has 4 rings (SSSR count). The Morgan fingerprint density at radius 2 is 1.71 bits per heavy atom. The van der Waals surface area contributed by atoms with Crippen LogP contribution in [0, 0.1) is 0 Å². The SMILES string of the molecule is COC(=O)CNC(=O)Cc1ccc(NC(=O)c2nn(-c3ccccc3)c3c2CCCCC3)cc1. The number of aromatic nitrogens is 2. The van der Waals surface area contributed by atoms with E-state index in [0.29, 0.717) is 11.4 Å². The van der Waals surface area contributed by atoms with E-state index in [1.807, 2.05) is 35.0 Å². The van der Waals surface area contributed by atoms with Crippen molar-refractivity contribution >= 4 is 23.5 Å². The molecule has 34 heavy (non-hydrogen) atoms. The molecule has 1 aliphatic rings. The molecule has 8 heteroatoms. The molecule has 0 bridgehead atoms. The Hall–Kier alpha value is -3.94. The maximum Gasteiger partial charge on any atom is 0.325 e. The molecule has 0 atom stereocenters. The van der Waals surface area contributed by atoms with E-state index in [-0.39, 0.29) is 24.8 Å². The lowest BCUT2D eigenvalue weighted by molar-refractivity contribution is -0.141. The van der Waals surface area contributed by atoms with E-state index in [2.05, 4.69) is 15.4 Å². The Balaban J connectivity index is 1.47. The zero-order chi connectivity index (χ0) is 23.9. The molecular formula is C26H28N4O4. The van der Waals surface area contributed by atoms with Crippen LogP contribution in [0.4, 0.5) is 5.69 Å². The number of anilines is 1. The van der Waals surface area contributed by atoms with Crippen LogP contribution in [-0.4, -0.2) is 41.2 Å². The molecule has 0 saturated heterocycles. The highest BCUT2D eigenvalue weighted by Gasteiger charge is 2.24. The van der Waals surface area contributed by atoms with Gasteiger partial charge in [0, 0.05) is 16.9 Å². The summed E-state index contributed by atoms with van der Waals surface area (Å²) in [5.74, 6) is -1.02. The first kappa shape index (κ1) is 23.2. The van der Waals surface area contributed by atoms with Gasteiger partial charge < -0.3 is 15.4 Å². The van der Waals surface area contributed by atoms with Crippen molar-refractivity contribution in [1.82, 2.24) is 15.1 Å². The minimum atomic E-state index is -0.501. The average Bonchev–Trinajstić information content (AvgIpc) is 3.05. The van der Waals surface area contributed by atoms with Gasteiger partial charge in [0.2, 0.25) is 5.91 Å². The van der Waals surface area contributed by atoms with Crippen LogP contribution in [0.5, 0.6) is 0 Å². The van der Waals surface area contributed by atoms with E-state index in [0.717, 1.165) is 54.6 Å². The molecule has 1 aliphatic carbocycles. The van der Waals surface area contributed by atoms with Gasteiger partial charge >= 0.3 is 5.97 Å². The molecule has 3 aromatic rings. The molecule has 2 N–H and O–H groups in total.